The molecule has 0 bridgehead atoms. The summed E-state index contributed by atoms with van der Waals surface area (Å²) in [6, 6.07) is 1.65. The lowest BCUT2D eigenvalue weighted by Crippen LogP contribution is -2.49. The van der Waals surface area contributed by atoms with E-state index >= 15 is 0 Å². The Kier molecular flexibility index (Phi) is 5.49. The van der Waals surface area contributed by atoms with Gasteiger partial charge in [-0.05, 0) is 25.8 Å². The molecule has 118 valence electrons. The van der Waals surface area contributed by atoms with Crippen LogP contribution in [0.5, 0.6) is 0 Å². The Morgan fingerprint density at radius 2 is 2.19 bits per heavy atom. The zero-order valence-electron chi connectivity index (χ0n) is 12.4. The number of hydrogen-bond donors (Lipinski definition) is 1. The fourth-order valence-corrected chi connectivity index (χ4v) is 3.94. The van der Waals surface area contributed by atoms with E-state index in [0.717, 1.165) is 19.4 Å². The minimum atomic E-state index is -3.34. The predicted molar refractivity (Wildman–Crippen MR) is 80.7 cm³/mol. The third-order valence-corrected chi connectivity index (χ3v) is 5.06. The first-order chi connectivity index (χ1) is 10.00. The summed E-state index contributed by atoms with van der Waals surface area (Å²) in [6.45, 7) is 3.17. The van der Waals surface area contributed by atoms with Gasteiger partial charge < -0.3 is 9.64 Å². The number of rotatable bonds is 6. The maximum Gasteiger partial charge on any atom is 0.225 e. The SMILES string of the molecule is CO[C@@H](C)CS(=O)(=O)N[C@@H]1CCCN(c2ncccn2)C1. The predicted octanol–water partition coefficient (Wildman–Crippen LogP) is 0.400. The summed E-state index contributed by atoms with van der Waals surface area (Å²) in [4.78, 5) is 10.4. The molecule has 0 saturated carbocycles. The van der Waals surface area contributed by atoms with Gasteiger partial charge in [0.2, 0.25) is 16.0 Å². The molecule has 2 rings (SSSR count). The average Bonchev–Trinajstić information content (AvgIpc) is 2.47. The Labute approximate surface area is 125 Å². The largest absolute Gasteiger partial charge is 0.381 e. The van der Waals surface area contributed by atoms with Crippen molar-refractivity contribution in [2.45, 2.75) is 31.9 Å². The molecule has 1 fully saturated rings. The number of hydrogen-bond acceptors (Lipinski definition) is 6. The minimum Gasteiger partial charge on any atom is -0.381 e. The van der Waals surface area contributed by atoms with Crippen LogP contribution in [0.2, 0.25) is 0 Å². The summed E-state index contributed by atoms with van der Waals surface area (Å²) >= 11 is 0. The lowest BCUT2D eigenvalue weighted by molar-refractivity contribution is 0.136. The topological polar surface area (TPSA) is 84.4 Å². The van der Waals surface area contributed by atoms with Gasteiger partial charge in [-0.25, -0.2) is 23.1 Å². The molecule has 1 aliphatic rings. The first-order valence-electron chi connectivity index (χ1n) is 7.05. The van der Waals surface area contributed by atoms with Gasteiger partial charge in [-0.3, -0.25) is 0 Å². The smallest absolute Gasteiger partial charge is 0.225 e. The van der Waals surface area contributed by atoms with E-state index in [1.807, 2.05) is 4.90 Å². The van der Waals surface area contributed by atoms with Gasteiger partial charge in [0.15, 0.2) is 0 Å². The highest BCUT2D eigenvalue weighted by molar-refractivity contribution is 7.89. The highest BCUT2D eigenvalue weighted by atomic mass is 32.2. The van der Waals surface area contributed by atoms with Crippen LogP contribution in [0, 0.1) is 0 Å². The standard InChI is InChI=1S/C13H22N4O3S/c1-11(20-2)10-21(18,19)16-12-5-3-8-17(9-12)13-14-6-4-7-15-13/h4,6-7,11-12,16H,3,5,8-10H2,1-2H3/t11-,12+/m0/s1. The molecular weight excluding hydrogens is 292 g/mol. The Morgan fingerprint density at radius 1 is 1.48 bits per heavy atom. The van der Waals surface area contributed by atoms with Crippen molar-refractivity contribution >= 4 is 16.0 Å². The van der Waals surface area contributed by atoms with Gasteiger partial charge in [0.1, 0.15) is 0 Å². The Morgan fingerprint density at radius 3 is 2.86 bits per heavy atom. The summed E-state index contributed by atoms with van der Waals surface area (Å²) in [6.07, 6.45) is 4.79. The summed E-state index contributed by atoms with van der Waals surface area (Å²) in [5.74, 6) is 0.619. The van der Waals surface area contributed by atoms with Crippen LogP contribution in [0.25, 0.3) is 0 Å². The summed E-state index contributed by atoms with van der Waals surface area (Å²) in [5.41, 5.74) is 0. The fourth-order valence-electron chi connectivity index (χ4n) is 2.39. The van der Waals surface area contributed by atoms with Crippen molar-refractivity contribution in [1.29, 1.82) is 0 Å². The summed E-state index contributed by atoms with van der Waals surface area (Å²) in [5, 5.41) is 0. The van der Waals surface area contributed by atoms with E-state index in [9.17, 15) is 8.42 Å². The maximum atomic E-state index is 12.1. The molecule has 1 N–H and O–H groups in total. The van der Waals surface area contributed by atoms with Gasteiger partial charge >= 0.3 is 0 Å². The van der Waals surface area contributed by atoms with Gasteiger partial charge in [0, 0.05) is 38.6 Å². The molecule has 0 amide bonds. The molecule has 1 aromatic heterocycles. The average molecular weight is 314 g/mol. The first-order valence-corrected chi connectivity index (χ1v) is 8.70. The van der Waals surface area contributed by atoms with E-state index in [1.165, 1.54) is 7.11 Å². The molecule has 2 heterocycles. The quantitative estimate of drug-likeness (QED) is 0.818. The summed E-state index contributed by atoms with van der Waals surface area (Å²) < 4.78 is 31.9. The lowest BCUT2D eigenvalue weighted by Gasteiger charge is -2.33. The third kappa shape index (κ3) is 4.90. The Balaban J connectivity index is 1.95. The van der Waals surface area contributed by atoms with Crippen molar-refractivity contribution in [2.75, 3.05) is 30.9 Å². The maximum absolute atomic E-state index is 12.1. The van der Waals surface area contributed by atoms with Crippen LogP contribution in [0.4, 0.5) is 5.95 Å². The number of methoxy groups -OCH3 is 1. The zero-order chi connectivity index (χ0) is 15.3. The van der Waals surface area contributed by atoms with Crippen molar-refractivity contribution < 1.29 is 13.2 Å². The molecule has 0 spiro atoms. The second-order valence-corrected chi connectivity index (χ2v) is 7.08. The second kappa shape index (κ2) is 7.15. The molecule has 8 heteroatoms. The van der Waals surface area contributed by atoms with Crippen LogP contribution in [-0.2, 0) is 14.8 Å². The van der Waals surface area contributed by atoms with E-state index in [2.05, 4.69) is 14.7 Å². The van der Waals surface area contributed by atoms with Crippen molar-refractivity contribution in [3.05, 3.63) is 18.5 Å². The van der Waals surface area contributed by atoms with Crippen LogP contribution in [0.3, 0.4) is 0 Å². The van der Waals surface area contributed by atoms with Crippen LogP contribution in [0.1, 0.15) is 19.8 Å². The van der Waals surface area contributed by atoms with Crippen molar-refractivity contribution in [3.63, 3.8) is 0 Å². The molecule has 1 saturated heterocycles. The number of anilines is 1. The second-order valence-electron chi connectivity index (χ2n) is 5.28. The minimum absolute atomic E-state index is 0.0260. The van der Waals surface area contributed by atoms with E-state index < -0.39 is 10.0 Å². The molecule has 1 aliphatic heterocycles. The van der Waals surface area contributed by atoms with Gasteiger partial charge in [-0.15, -0.1) is 0 Å². The molecule has 0 aromatic carbocycles. The van der Waals surface area contributed by atoms with Crippen molar-refractivity contribution in [2.24, 2.45) is 0 Å². The Bertz CT molecular complexity index is 538. The number of aromatic nitrogens is 2. The lowest BCUT2D eigenvalue weighted by atomic mass is 10.1. The molecule has 0 aliphatic carbocycles. The van der Waals surface area contributed by atoms with Crippen molar-refractivity contribution in [3.8, 4) is 0 Å². The number of nitrogens with one attached hydrogen (secondary N) is 1. The first kappa shape index (κ1) is 16.1. The van der Waals surface area contributed by atoms with Crippen molar-refractivity contribution in [1.82, 2.24) is 14.7 Å². The highest BCUT2D eigenvalue weighted by Gasteiger charge is 2.26. The molecule has 0 radical (unpaired) electrons. The van der Waals surface area contributed by atoms with Crippen LogP contribution in [0.15, 0.2) is 18.5 Å². The van der Waals surface area contributed by atoms with Gasteiger partial charge in [0.05, 0.1) is 11.9 Å². The van der Waals surface area contributed by atoms with Gasteiger partial charge in [0.25, 0.3) is 0 Å². The monoisotopic (exact) mass is 314 g/mol. The van der Waals surface area contributed by atoms with Gasteiger partial charge in [-0.1, -0.05) is 0 Å². The van der Waals surface area contributed by atoms with Crippen LogP contribution in [-0.4, -0.2) is 56.5 Å². The molecule has 0 unspecified atom stereocenters. The number of piperidine rings is 1. The van der Waals surface area contributed by atoms with Crippen LogP contribution < -0.4 is 9.62 Å². The zero-order valence-corrected chi connectivity index (χ0v) is 13.2. The van der Waals surface area contributed by atoms with Crippen LogP contribution >= 0.6 is 0 Å². The third-order valence-electron chi connectivity index (χ3n) is 3.46. The van der Waals surface area contributed by atoms with E-state index in [4.69, 9.17) is 4.74 Å². The molecule has 2 atom stereocenters. The Hall–Kier alpha value is -1.25. The molecule has 1 aromatic rings. The molecule has 21 heavy (non-hydrogen) atoms. The van der Waals surface area contributed by atoms with Gasteiger partial charge in [-0.2, -0.15) is 0 Å². The fraction of sp³-hybridized carbons (Fsp3) is 0.692. The highest BCUT2D eigenvalue weighted by Crippen LogP contribution is 2.16. The number of sulfonamides is 1. The van der Waals surface area contributed by atoms with E-state index in [0.29, 0.717) is 12.5 Å². The summed E-state index contributed by atoms with van der Waals surface area (Å²) in [7, 11) is -1.83. The number of ether oxygens (including phenoxy) is 1. The molecular formula is C13H22N4O3S. The van der Waals surface area contributed by atoms with E-state index in [-0.39, 0.29) is 17.9 Å². The molecule has 7 nitrogen and oxygen atoms in total. The normalized spacial score (nSPS) is 21.2. The van der Waals surface area contributed by atoms with E-state index in [1.54, 1.807) is 25.4 Å². The number of nitrogens with zero attached hydrogens (tertiary/aromatic N) is 3.